The van der Waals surface area contributed by atoms with Crippen molar-refractivity contribution in [3.63, 3.8) is 0 Å². The molecule has 0 radical (unpaired) electrons. The van der Waals surface area contributed by atoms with Crippen LogP contribution in [0.25, 0.3) is 0 Å². The van der Waals surface area contributed by atoms with Gasteiger partial charge in [0.1, 0.15) is 0 Å². The maximum absolute atomic E-state index is 5.15. The average molecular weight is 298 g/mol. The molecular weight excluding hydrogens is 282 g/mol. The second-order valence-corrected chi connectivity index (χ2v) is 6.01. The summed E-state index contributed by atoms with van der Waals surface area (Å²) in [6.45, 7) is 0. The van der Waals surface area contributed by atoms with Gasteiger partial charge in [0.25, 0.3) is 0 Å². The maximum atomic E-state index is 5.15. The molecule has 0 bridgehead atoms. The van der Waals surface area contributed by atoms with Crippen molar-refractivity contribution in [2.24, 2.45) is 5.41 Å². The Kier molecular flexibility index (Phi) is 2.73. The standard InChI is InChI=1S/C12H16BrN3O/c1-17-10-9(13)7-14-11(16-10)15-8-5-12(6-8)3-2-4-12/h7-8H,2-6H2,1H3,(H,14,15,16). The molecule has 1 aromatic heterocycles. The molecule has 1 N–H and O–H groups in total. The Morgan fingerprint density at radius 1 is 1.47 bits per heavy atom. The van der Waals surface area contributed by atoms with Gasteiger partial charge in [-0.25, -0.2) is 4.98 Å². The van der Waals surface area contributed by atoms with E-state index in [0.717, 1.165) is 4.47 Å². The fourth-order valence-corrected chi connectivity index (χ4v) is 3.27. The molecule has 1 heterocycles. The predicted molar refractivity (Wildman–Crippen MR) is 69.2 cm³/mol. The van der Waals surface area contributed by atoms with E-state index in [0.29, 0.717) is 23.3 Å². The molecule has 0 unspecified atom stereocenters. The number of anilines is 1. The van der Waals surface area contributed by atoms with Crippen molar-refractivity contribution in [2.75, 3.05) is 12.4 Å². The average Bonchev–Trinajstić information content (AvgIpc) is 2.22. The number of rotatable bonds is 3. The third-order valence-corrected chi connectivity index (χ3v) is 4.56. The van der Waals surface area contributed by atoms with E-state index in [9.17, 15) is 0 Å². The van der Waals surface area contributed by atoms with Gasteiger partial charge in [-0.05, 0) is 47.0 Å². The van der Waals surface area contributed by atoms with Gasteiger partial charge in [0.2, 0.25) is 11.8 Å². The van der Waals surface area contributed by atoms with Gasteiger partial charge in [-0.15, -0.1) is 0 Å². The van der Waals surface area contributed by atoms with E-state index < -0.39 is 0 Å². The molecule has 1 spiro atoms. The second-order valence-electron chi connectivity index (χ2n) is 5.15. The Balaban J connectivity index is 1.62. The van der Waals surface area contributed by atoms with Gasteiger partial charge in [-0.3, -0.25) is 0 Å². The van der Waals surface area contributed by atoms with E-state index in [2.05, 4.69) is 31.2 Å². The monoisotopic (exact) mass is 297 g/mol. The molecule has 0 saturated heterocycles. The maximum Gasteiger partial charge on any atom is 0.232 e. The largest absolute Gasteiger partial charge is 0.480 e. The number of halogens is 1. The summed E-state index contributed by atoms with van der Waals surface area (Å²) >= 11 is 3.35. The second kappa shape index (κ2) is 4.12. The van der Waals surface area contributed by atoms with Crippen molar-refractivity contribution >= 4 is 21.9 Å². The molecule has 2 aliphatic rings. The number of nitrogens with zero attached hydrogens (tertiary/aromatic N) is 2. The van der Waals surface area contributed by atoms with Crippen molar-refractivity contribution < 1.29 is 4.74 Å². The smallest absolute Gasteiger partial charge is 0.232 e. The summed E-state index contributed by atoms with van der Waals surface area (Å²) in [5, 5.41) is 3.38. The van der Waals surface area contributed by atoms with Crippen molar-refractivity contribution in [3.8, 4) is 5.88 Å². The highest BCUT2D eigenvalue weighted by Crippen LogP contribution is 2.56. The van der Waals surface area contributed by atoms with Crippen LogP contribution in [0.4, 0.5) is 5.95 Å². The van der Waals surface area contributed by atoms with Crippen LogP contribution in [0.3, 0.4) is 0 Å². The molecule has 0 atom stereocenters. The summed E-state index contributed by atoms with van der Waals surface area (Å²) < 4.78 is 5.94. The lowest BCUT2D eigenvalue weighted by Gasteiger charge is -2.54. The number of hydrogen-bond donors (Lipinski definition) is 1. The molecule has 2 fully saturated rings. The number of ether oxygens (including phenoxy) is 1. The van der Waals surface area contributed by atoms with Gasteiger partial charge in [0, 0.05) is 6.04 Å². The van der Waals surface area contributed by atoms with E-state index in [1.807, 2.05) is 0 Å². The molecule has 2 aliphatic carbocycles. The molecule has 3 rings (SSSR count). The zero-order chi connectivity index (χ0) is 11.9. The van der Waals surface area contributed by atoms with Gasteiger partial charge in [0.15, 0.2) is 0 Å². The Hall–Kier alpha value is -0.840. The quantitative estimate of drug-likeness (QED) is 0.932. The predicted octanol–water partition coefficient (Wildman–Crippen LogP) is 2.99. The molecule has 1 aromatic rings. The minimum atomic E-state index is 0.543. The van der Waals surface area contributed by atoms with E-state index in [1.165, 1.54) is 32.1 Å². The van der Waals surface area contributed by atoms with Gasteiger partial charge >= 0.3 is 0 Å². The molecule has 0 aliphatic heterocycles. The molecule has 0 aromatic carbocycles. The van der Waals surface area contributed by atoms with E-state index in [4.69, 9.17) is 4.74 Å². The summed E-state index contributed by atoms with van der Waals surface area (Å²) in [7, 11) is 1.61. The molecule has 0 amide bonds. The fourth-order valence-electron chi connectivity index (χ4n) is 2.92. The summed E-state index contributed by atoms with van der Waals surface area (Å²) in [5.41, 5.74) is 0.678. The minimum Gasteiger partial charge on any atom is -0.480 e. The first-order chi connectivity index (χ1) is 8.21. The van der Waals surface area contributed by atoms with Crippen LogP contribution in [0, 0.1) is 5.41 Å². The van der Waals surface area contributed by atoms with Crippen LogP contribution >= 0.6 is 15.9 Å². The van der Waals surface area contributed by atoms with Crippen molar-refractivity contribution in [2.45, 2.75) is 38.1 Å². The van der Waals surface area contributed by atoms with Gasteiger partial charge in [-0.1, -0.05) is 6.42 Å². The molecule has 5 heteroatoms. The zero-order valence-electron chi connectivity index (χ0n) is 9.87. The topological polar surface area (TPSA) is 47.0 Å². The Morgan fingerprint density at radius 2 is 2.24 bits per heavy atom. The highest BCUT2D eigenvalue weighted by atomic mass is 79.9. The summed E-state index contributed by atoms with van der Waals surface area (Å²) in [4.78, 5) is 8.56. The first-order valence-corrected chi connectivity index (χ1v) is 6.83. The van der Waals surface area contributed by atoms with Crippen LogP contribution in [0.1, 0.15) is 32.1 Å². The van der Waals surface area contributed by atoms with Crippen LogP contribution in [0.15, 0.2) is 10.7 Å². The normalized spacial score (nSPS) is 21.8. The Bertz CT molecular complexity index is 426. The summed E-state index contributed by atoms with van der Waals surface area (Å²) in [6, 6.07) is 0.543. The lowest BCUT2D eigenvalue weighted by atomic mass is 9.54. The number of nitrogens with one attached hydrogen (secondary N) is 1. The van der Waals surface area contributed by atoms with Gasteiger partial charge < -0.3 is 10.1 Å². The van der Waals surface area contributed by atoms with E-state index >= 15 is 0 Å². The van der Waals surface area contributed by atoms with Crippen LogP contribution in [-0.4, -0.2) is 23.1 Å². The molecular formula is C12H16BrN3O. The number of aromatic nitrogens is 2. The summed E-state index contributed by atoms with van der Waals surface area (Å²) in [6.07, 6.45) is 8.51. The van der Waals surface area contributed by atoms with Crippen LogP contribution in [-0.2, 0) is 0 Å². The highest BCUT2D eigenvalue weighted by Gasteiger charge is 2.48. The van der Waals surface area contributed by atoms with Crippen LogP contribution in [0.5, 0.6) is 5.88 Å². The SMILES string of the molecule is COc1nc(NC2CC3(CCC3)C2)ncc1Br. The first kappa shape index (κ1) is 11.3. The number of methoxy groups -OCH3 is 1. The molecule has 4 nitrogen and oxygen atoms in total. The van der Waals surface area contributed by atoms with Gasteiger partial charge in [-0.2, -0.15) is 4.98 Å². The molecule has 17 heavy (non-hydrogen) atoms. The molecule has 92 valence electrons. The third-order valence-electron chi connectivity index (χ3n) is 4.01. The highest BCUT2D eigenvalue weighted by molar-refractivity contribution is 9.10. The summed E-state index contributed by atoms with van der Waals surface area (Å²) in [5.74, 6) is 1.25. The zero-order valence-corrected chi connectivity index (χ0v) is 11.5. The fraction of sp³-hybridized carbons (Fsp3) is 0.667. The lowest BCUT2D eigenvalue weighted by Crippen LogP contribution is -2.49. The lowest BCUT2D eigenvalue weighted by molar-refractivity contribution is 0.0189. The first-order valence-electron chi connectivity index (χ1n) is 6.04. The minimum absolute atomic E-state index is 0.543. The number of hydrogen-bond acceptors (Lipinski definition) is 4. The Labute approximate surface area is 109 Å². The van der Waals surface area contributed by atoms with E-state index in [-0.39, 0.29) is 0 Å². The van der Waals surface area contributed by atoms with Crippen molar-refractivity contribution in [1.82, 2.24) is 9.97 Å². The van der Waals surface area contributed by atoms with Crippen molar-refractivity contribution in [3.05, 3.63) is 10.7 Å². The van der Waals surface area contributed by atoms with Crippen LogP contribution in [0.2, 0.25) is 0 Å². The van der Waals surface area contributed by atoms with Crippen molar-refractivity contribution in [1.29, 1.82) is 0 Å². The van der Waals surface area contributed by atoms with Crippen LogP contribution < -0.4 is 10.1 Å². The Morgan fingerprint density at radius 3 is 2.82 bits per heavy atom. The van der Waals surface area contributed by atoms with Gasteiger partial charge in [0.05, 0.1) is 17.8 Å². The molecule has 2 saturated carbocycles. The third kappa shape index (κ3) is 2.01. The van der Waals surface area contributed by atoms with E-state index in [1.54, 1.807) is 13.3 Å².